The lowest BCUT2D eigenvalue weighted by atomic mass is 9.85. The molecule has 14 rings (SSSR count). The Labute approximate surface area is 355 Å². The highest BCUT2D eigenvalue weighted by Crippen LogP contribution is 2.53. The van der Waals surface area contributed by atoms with Crippen LogP contribution in [0.2, 0.25) is 0 Å². The van der Waals surface area contributed by atoms with Gasteiger partial charge in [-0.15, -0.1) is 0 Å². The molecule has 1 aliphatic carbocycles. The van der Waals surface area contributed by atoms with Crippen LogP contribution in [0.5, 0.6) is 0 Å². The second kappa shape index (κ2) is 12.5. The monoisotopic (exact) mass is 794 g/mol. The molecule has 9 aromatic carbocycles. The Bertz CT molecular complexity index is 3780. The molecule has 0 saturated carbocycles. The lowest BCUT2D eigenvalue weighted by Gasteiger charge is -2.29. The molecule has 0 amide bonds. The fourth-order valence-electron chi connectivity index (χ4n) is 10.6. The predicted molar refractivity (Wildman–Crippen MR) is 255 cm³/mol. The van der Waals surface area contributed by atoms with E-state index in [4.69, 9.17) is 9.97 Å². The van der Waals surface area contributed by atoms with Crippen LogP contribution in [0.3, 0.4) is 0 Å². The van der Waals surface area contributed by atoms with Gasteiger partial charge in [-0.25, -0.2) is 9.97 Å². The topological polar surface area (TPSA) is 34.0 Å². The van der Waals surface area contributed by atoms with Gasteiger partial charge < -0.3 is 9.47 Å². The lowest BCUT2D eigenvalue weighted by molar-refractivity contribution is 0.734. The average molecular weight is 795 g/mol. The van der Waals surface area contributed by atoms with Gasteiger partial charge in [0.2, 0.25) is 5.95 Å². The summed E-state index contributed by atoms with van der Waals surface area (Å²) < 4.78 is 2.47. The van der Waals surface area contributed by atoms with Gasteiger partial charge in [-0.2, -0.15) is 0 Å². The molecule has 4 heterocycles. The molecule has 5 heteroatoms. The summed E-state index contributed by atoms with van der Waals surface area (Å²) in [7, 11) is 0. The number of hydrogen-bond donors (Lipinski definition) is 0. The number of para-hydroxylation sites is 1. The summed E-state index contributed by atoms with van der Waals surface area (Å²) in [5.41, 5.74) is 11.7. The Balaban J connectivity index is 0.940. The number of hydrogen-bond acceptors (Lipinski definition) is 4. The van der Waals surface area contributed by atoms with Crippen molar-refractivity contribution in [3.63, 3.8) is 0 Å². The quantitative estimate of drug-likeness (QED) is 0.167. The van der Waals surface area contributed by atoms with Gasteiger partial charge >= 0.3 is 0 Å². The normalized spacial score (nSPS) is 16.5. The third kappa shape index (κ3) is 4.72. The van der Waals surface area contributed by atoms with E-state index in [-0.39, 0.29) is 12.0 Å². The molecule has 61 heavy (non-hydrogen) atoms. The van der Waals surface area contributed by atoms with Crippen molar-refractivity contribution in [3.8, 4) is 16.9 Å². The van der Waals surface area contributed by atoms with Gasteiger partial charge in [0.25, 0.3) is 0 Å². The SMILES string of the molecule is C1=CC2C(C=C1c1ccc3c(c1)c1ccccc1n3-c1cc3ccccc3c3ccccc13)c1ccc3ccccc3c1N2c1nc2c3c(cccc3n1)Sc1ccccc1-2. The third-order valence-corrected chi connectivity index (χ3v) is 14.4. The van der Waals surface area contributed by atoms with Crippen LogP contribution in [0, 0.1) is 0 Å². The zero-order chi connectivity index (χ0) is 39.8. The highest BCUT2D eigenvalue weighted by atomic mass is 32.2. The molecule has 0 spiro atoms. The first-order chi connectivity index (χ1) is 30.2. The summed E-state index contributed by atoms with van der Waals surface area (Å²) >= 11 is 1.81. The number of aromatic nitrogens is 3. The van der Waals surface area contributed by atoms with Crippen LogP contribution in [0.4, 0.5) is 11.6 Å². The Kier molecular flexibility index (Phi) is 6.85. The minimum atomic E-state index is 0.0115. The largest absolute Gasteiger partial charge is 0.309 e. The average Bonchev–Trinajstić information content (AvgIpc) is 3.84. The first kappa shape index (κ1) is 33.4. The molecule has 2 aromatic heterocycles. The van der Waals surface area contributed by atoms with E-state index in [0.29, 0.717) is 0 Å². The number of fused-ring (bicyclic) bond motifs is 13. The number of benzene rings is 9. The molecule has 2 unspecified atom stereocenters. The van der Waals surface area contributed by atoms with E-state index in [1.54, 1.807) is 0 Å². The smallest absolute Gasteiger partial charge is 0.231 e. The van der Waals surface area contributed by atoms with Crippen molar-refractivity contribution in [1.82, 2.24) is 14.5 Å². The Morgan fingerprint density at radius 1 is 0.525 bits per heavy atom. The molecule has 284 valence electrons. The van der Waals surface area contributed by atoms with Crippen molar-refractivity contribution in [2.24, 2.45) is 0 Å². The van der Waals surface area contributed by atoms with E-state index in [0.717, 1.165) is 22.5 Å². The van der Waals surface area contributed by atoms with Crippen molar-refractivity contribution in [2.75, 3.05) is 4.90 Å². The van der Waals surface area contributed by atoms with E-state index < -0.39 is 0 Å². The summed E-state index contributed by atoms with van der Waals surface area (Å²) in [4.78, 5) is 15.7. The van der Waals surface area contributed by atoms with Gasteiger partial charge in [0.1, 0.15) is 0 Å². The number of allylic oxidation sites excluding steroid dienone is 2. The summed E-state index contributed by atoms with van der Waals surface area (Å²) in [6, 6.07) is 64.3. The van der Waals surface area contributed by atoms with Crippen LogP contribution in [0.15, 0.2) is 204 Å². The Morgan fingerprint density at radius 3 is 2.18 bits per heavy atom. The molecule has 0 N–H and O–H groups in total. The summed E-state index contributed by atoms with van der Waals surface area (Å²) in [6.07, 6.45) is 7.21. The number of nitrogens with zero attached hydrogens (tertiary/aromatic N) is 4. The summed E-state index contributed by atoms with van der Waals surface area (Å²) in [5, 5.41) is 11.1. The van der Waals surface area contributed by atoms with Crippen molar-refractivity contribution in [1.29, 1.82) is 0 Å². The minimum Gasteiger partial charge on any atom is -0.309 e. The van der Waals surface area contributed by atoms with Crippen molar-refractivity contribution < 1.29 is 0 Å². The van der Waals surface area contributed by atoms with Crippen molar-refractivity contribution in [3.05, 3.63) is 205 Å². The van der Waals surface area contributed by atoms with Crippen LogP contribution >= 0.6 is 11.8 Å². The van der Waals surface area contributed by atoms with Gasteiger partial charge in [-0.3, -0.25) is 0 Å². The van der Waals surface area contributed by atoms with Crippen molar-refractivity contribution in [2.45, 2.75) is 21.8 Å². The van der Waals surface area contributed by atoms with Gasteiger partial charge in [0.15, 0.2) is 0 Å². The first-order valence-corrected chi connectivity index (χ1v) is 21.8. The molecule has 0 bridgehead atoms. The summed E-state index contributed by atoms with van der Waals surface area (Å²) in [6.45, 7) is 0. The minimum absolute atomic E-state index is 0.0115. The van der Waals surface area contributed by atoms with Gasteiger partial charge in [-0.05, 0) is 80.7 Å². The molecule has 11 aromatic rings. The molecule has 4 nitrogen and oxygen atoms in total. The first-order valence-electron chi connectivity index (χ1n) is 21.0. The van der Waals surface area contributed by atoms with E-state index in [1.165, 1.54) is 97.6 Å². The molecule has 2 aliphatic heterocycles. The van der Waals surface area contributed by atoms with E-state index in [2.05, 4.69) is 204 Å². The Morgan fingerprint density at radius 2 is 1.26 bits per heavy atom. The molecule has 0 radical (unpaired) electrons. The van der Waals surface area contributed by atoms with Gasteiger partial charge in [0, 0.05) is 48.2 Å². The lowest BCUT2D eigenvalue weighted by Crippen LogP contribution is -2.30. The summed E-state index contributed by atoms with van der Waals surface area (Å²) in [5.74, 6) is 0.842. The molecular weight excluding hydrogens is 761 g/mol. The fourth-order valence-corrected chi connectivity index (χ4v) is 11.7. The zero-order valence-electron chi connectivity index (χ0n) is 32.8. The van der Waals surface area contributed by atoms with Gasteiger partial charge in [0.05, 0.1) is 39.7 Å². The van der Waals surface area contributed by atoms with Gasteiger partial charge in [-0.1, -0.05) is 163 Å². The standard InChI is InChI=1S/C56H34N4S/c1-4-15-38-33(12-1)24-27-42-45-31-35(26-29-49(45)60(55(38)42)56-57-46-20-11-23-52-53(46)54(58-56)43-19-8-10-22-51(43)61-52)34-25-28-48-44(30-34)41-18-7-9-21-47(41)59(48)50-32-36-13-2-3-14-37(36)39-16-5-6-17-40(39)50/h1-32,45,49H. The molecular formula is C56H34N4S. The maximum absolute atomic E-state index is 5.50. The van der Waals surface area contributed by atoms with E-state index >= 15 is 0 Å². The van der Waals surface area contributed by atoms with Crippen molar-refractivity contribution >= 4 is 94.0 Å². The molecule has 0 fully saturated rings. The third-order valence-electron chi connectivity index (χ3n) is 13.3. The second-order valence-corrected chi connectivity index (χ2v) is 17.5. The highest BCUT2D eigenvalue weighted by molar-refractivity contribution is 7.99. The van der Waals surface area contributed by atoms with Crippen LogP contribution in [0.1, 0.15) is 17.0 Å². The molecule has 0 saturated heterocycles. The molecule has 3 aliphatic rings. The predicted octanol–water partition coefficient (Wildman–Crippen LogP) is 14.6. The maximum atomic E-state index is 5.50. The maximum Gasteiger partial charge on any atom is 0.231 e. The van der Waals surface area contributed by atoms with Crippen LogP contribution in [-0.4, -0.2) is 20.6 Å². The zero-order valence-corrected chi connectivity index (χ0v) is 33.6. The van der Waals surface area contributed by atoms with Crippen LogP contribution in [-0.2, 0) is 0 Å². The fraction of sp³-hybridized carbons (Fsp3) is 0.0357. The highest BCUT2D eigenvalue weighted by Gasteiger charge is 2.41. The van der Waals surface area contributed by atoms with Crippen LogP contribution in [0.25, 0.3) is 87.5 Å². The van der Waals surface area contributed by atoms with E-state index in [1.807, 2.05) is 11.8 Å². The van der Waals surface area contributed by atoms with Crippen LogP contribution < -0.4 is 4.90 Å². The Hall–Kier alpha value is -7.47. The number of anilines is 2. The molecule has 2 atom stereocenters. The number of rotatable bonds is 3. The van der Waals surface area contributed by atoms with E-state index in [9.17, 15) is 0 Å². The second-order valence-electron chi connectivity index (χ2n) is 16.5.